The molecule has 0 amide bonds. The summed E-state index contributed by atoms with van der Waals surface area (Å²) in [6.45, 7) is 6.14. The molecule has 0 bridgehead atoms. The number of aromatic nitrogens is 1. The molecule has 4 rings (SSSR count). The van der Waals surface area contributed by atoms with Gasteiger partial charge in [-0.15, -0.1) is 11.3 Å². The second-order valence-electron chi connectivity index (χ2n) is 7.00. The maximum absolute atomic E-state index is 11.2. The van der Waals surface area contributed by atoms with Crippen LogP contribution in [0.4, 0.5) is 5.69 Å². The molecule has 2 aromatic heterocycles. The fourth-order valence-electron chi connectivity index (χ4n) is 2.96. The molecule has 2 aromatic carbocycles. The first-order chi connectivity index (χ1) is 15.3. The van der Waals surface area contributed by atoms with E-state index in [9.17, 15) is 15.2 Å². The van der Waals surface area contributed by atoms with Crippen molar-refractivity contribution >= 4 is 45.8 Å². The number of phenols is 1. The van der Waals surface area contributed by atoms with Crippen molar-refractivity contribution in [2.24, 2.45) is 10.1 Å². The minimum atomic E-state index is -0.705. The van der Waals surface area contributed by atoms with Crippen LogP contribution in [0.3, 0.4) is 0 Å². The number of thiazole rings is 1. The summed E-state index contributed by atoms with van der Waals surface area (Å²) in [6, 6.07) is 12.0. The SMILES string of the molecule is C=C(C)CN=c1scc(-c2cc3ccccc3o2)n1N=Cc1cc(Cl)cc([N+](=O)[O-])c1O. The van der Waals surface area contributed by atoms with Crippen LogP contribution in [0, 0.1) is 10.1 Å². The number of nitro groups is 1. The lowest BCUT2D eigenvalue weighted by molar-refractivity contribution is -0.385. The summed E-state index contributed by atoms with van der Waals surface area (Å²) < 4.78 is 7.53. The monoisotopic (exact) mass is 468 g/mol. The Kier molecular flexibility index (Phi) is 5.93. The zero-order valence-corrected chi connectivity index (χ0v) is 18.4. The zero-order chi connectivity index (χ0) is 22.8. The van der Waals surface area contributed by atoms with E-state index < -0.39 is 16.4 Å². The number of rotatable bonds is 6. The van der Waals surface area contributed by atoms with Crippen LogP contribution < -0.4 is 4.80 Å². The number of aromatic hydroxyl groups is 1. The van der Waals surface area contributed by atoms with Crippen LogP contribution in [0.2, 0.25) is 5.02 Å². The molecule has 32 heavy (non-hydrogen) atoms. The Hall–Kier alpha value is -3.69. The topological polar surface area (TPSA) is 106 Å². The second kappa shape index (κ2) is 8.81. The number of phenolic OH excluding ortho intramolecular Hbond substituents is 1. The summed E-state index contributed by atoms with van der Waals surface area (Å²) in [6.07, 6.45) is 1.30. The van der Waals surface area contributed by atoms with Gasteiger partial charge in [0.25, 0.3) is 0 Å². The quantitative estimate of drug-likeness (QED) is 0.172. The molecule has 0 aliphatic carbocycles. The first-order valence-electron chi connectivity index (χ1n) is 9.39. The highest BCUT2D eigenvalue weighted by Gasteiger charge is 2.18. The molecule has 0 unspecified atom stereocenters. The summed E-state index contributed by atoms with van der Waals surface area (Å²) in [7, 11) is 0. The van der Waals surface area contributed by atoms with Gasteiger partial charge in [0.15, 0.2) is 5.76 Å². The van der Waals surface area contributed by atoms with Crippen molar-refractivity contribution in [2.75, 3.05) is 6.54 Å². The Morgan fingerprint density at radius 1 is 1.38 bits per heavy atom. The van der Waals surface area contributed by atoms with E-state index in [0.717, 1.165) is 22.6 Å². The highest BCUT2D eigenvalue weighted by molar-refractivity contribution is 7.07. The summed E-state index contributed by atoms with van der Waals surface area (Å²) in [5, 5.41) is 28.8. The van der Waals surface area contributed by atoms with Crippen molar-refractivity contribution in [3.63, 3.8) is 0 Å². The van der Waals surface area contributed by atoms with Gasteiger partial charge in [-0.1, -0.05) is 42.0 Å². The van der Waals surface area contributed by atoms with Crippen molar-refractivity contribution in [1.82, 2.24) is 4.68 Å². The number of para-hydroxylation sites is 1. The van der Waals surface area contributed by atoms with Crippen molar-refractivity contribution < 1.29 is 14.4 Å². The van der Waals surface area contributed by atoms with Gasteiger partial charge in [-0.3, -0.25) is 15.1 Å². The fourth-order valence-corrected chi connectivity index (χ4v) is 4.00. The average molecular weight is 469 g/mol. The van der Waals surface area contributed by atoms with Gasteiger partial charge < -0.3 is 9.52 Å². The van der Waals surface area contributed by atoms with Crippen LogP contribution in [-0.4, -0.2) is 27.5 Å². The number of furan rings is 1. The summed E-state index contributed by atoms with van der Waals surface area (Å²) in [5.41, 5.74) is 1.84. The van der Waals surface area contributed by atoms with Crippen molar-refractivity contribution in [2.45, 2.75) is 6.92 Å². The molecule has 0 atom stereocenters. The van der Waals surface area contributed by atoms with Gasteiger partial charge in [0.05, 0.1) is 17.7 Å². The van der Waals surface area contributed by atoms with Gasteiger partial charge in [-0.05, 0) is 25.1 Å². The highest BCUT2D eigenvalue weighted by atomic mass is 35.5. The van der Waals surface area contributed by atoms with E-state index >= 15 is 0 Å². The van der Waals surface area contributed by atoms with Crippen LogP contribution >= 0.6 is 22.9 Å². The Balaban J connectivity index is 1.85. The number of benzene rings is 2. The van der Waals surface area contributed by atoms with Gasteiger partial charge in [-0.2, -0.15) is 5.10 Å². The van der Waals surface area contributed by atoms with E-state index in [1.54, 1.807) is 4.68 Å². The third kappa shape index (κ3) is 4.34. The van der Waals surface area contributed by atoms with Crippen LogP contribution in [0.5, 0.6) is 5.75 Å². The van der Waals surface area contributed by atoms with E-state index in [2.05, 4.69) is 16.7 Å². The predicted molar refractivity (Wildman–Crippen MR) is 126 cm³/mol. The first-order valence-corrected chi connectivity index (χ1v) is 10.6. The smallest absolute Gasteiger partial charge is 0.312 e. The molecule has 0 saturated heterocycles. The second-order valence-corrected chi connectivity index (χ2v) is 8.27. The Morgan fingerprint density at radius 3 is 2.88 bits per heavy atom. The summed E-state index contributed by atoms with van der Waals surface area (Å²) in [5.74, 6) is 0.0577. The number of halogens is 1. The van der Waals surface area contributed by atoms with E-state index in [4.69, 9.17) is 16.0 Å². The number of nitro benzene ring substituents is 1. The molecule has 0 radical (unpaired) electrons. The van der Waals surface area contributed by atoms with Gasteiger partial charge in [0.1, 0.15) is 11.3 Å². The maximum atomic E-state index is 11.2. The summed E-state index contributed by atoms with van der Waals surface area (Å²) in [4.78, 5) is 15.6. The van der Waals surface area contributed by atoms with Crippen LogP contribution in [0.25, 0.3) is 22.4 Å². The van der Waals surface area contributed by atoms with Crippen LogP contribution in [0.15, 0.2) is 74.5 Å². The molecule has 0 aliphatic rings. The molecule has 0 aliphatic heterocycles. The minimum Gasteiger partial charge on any atom is -0.502 e. The fraction of sp³-hybridized carbons (Fsp3) is 0.0909. The minimum absolute atomic E-state index is 0.101. The molecule has 162 valence electrons. The molecule has 8 nitrogen and oxygen atoms in total. The van der Waals surface area contributed by atoms with E-state index in [-0.39, 0.29) is 10.6 Å². The average Bonchev–Trinajstić information content (AvgIpc) is 3.35. The van der Waals surface area contributed by atoms with Crippen LogP contribution in [0.1, 0.15) is 12.5 Å². The Labute approximate surface area is 191 Å². The maximum Gasteiger partial charge on any atom is 0.312 e. The zero-order valence-electron chi connectivity index (χ0n) is 16.9. The Morgan fingerprint density at radius 2 is 2.16 bits per heavy atom. The lowest BCUT2D eigenvalue weighted by Crippen LogP contribution is -2.13. The number of hydrogen-bond donors (Lipinski definition) is 1. The Bertz CT molecular complexity index is 1410. The molecule has 0 saturated carbocycles. The summed E-state index contributed by atoms with van der Waals surface area (Å²) >= 11 is 7.35. The first kappa shape index (κ1) is 21.5. The number of hydrogen-bond acceptors (Lipinski definition) is 7. The molecule has 2 heterocycles. The molecule has 1 N–H and O–H groups in total. The largest absolute Gasteiger partial charge is 0.502 e. The third-order valence-electron chi connectivity index (χ3n) is 4.44. The molecule has 0 fully saturated rings. The highest BCUT2D eigenvalue weighted by Crippen LogP contribution is 2.32. The van der Waals surface area contributed by atoms with Crippen molar-refractivity contribution in [3.8, 4) is 17.2 Å². The standard InChI is InChI=1S/C22H17ClN4O4S/c1-13(2)10-24-22-26(25-11-15-7-16(23)9-17(21(15)28)27(29)30)18(12-32-22)20-8-14-5-3-4-6-19(14)31-20/h3-9,11-12,28H,1,10H2,2H3. The number of nitrogens with zero attached hydrogens (tertiary/aromatic N) is 4. The van der Waals surface area contributed by atoms with E-state index in [1.807, 2.05) is 42.6 Å². The molecule has 10 heteroatoms. The normalized spacial score (nSPS) is 12.1. The molecule has 0 spiro atoms. The molecular formula is C22H17ClN4O4S. The third-order valence-corrected chi connectivity index (χ3v) is 5.51. The molecular weight excluding hydrogens is 452 g/mol. The van der Waals surface area contributed by atoms with Gasteiger partial charge >= 0.3 is 5.69 Å². The van der Waals surface area contributed by atoms with E-state index in [1.165, 1.54) is 23.6 Å². The van der Waals surface area contributed by atoms with Gasteiger partial charge in [0, 0.05) is 27.4 Å². The van der Waals surface area contributed by atoms with Gasteiger partial charge in [0.2, 0.25) is 10.6 Å². The predicted octanol–water partition coefficient (Wildman–Crippen LogP) is 5.59. The van der Waals surface area contributed by atoms with E-state index in [0.29, 0.717) is 22.8 Å². The lowest BCUT2D eigenvalue weighted by atomic mass is 10.2. The van der Waals surface area contributed by atoms with Crippen LogP contribution in [-0.2, 0) is 0 Å². The van der Waals surface area contributed by atoms with Crippen molar-refractivity contribution in [1.29, 1.82) is 0 Å². The molecule has 4 aromatic rings. The number of fused-ring (bicyclic) bond motifs is 1. The van der Waals surface area contributed by atoms with Gasteiger partial charge in [-0.25, -0.2) is 4.68 Å². The van der Waals surface area contributed by atoms with Crippen molar-refractivity contribution in [3.05, 3.63) is 85.5 Å². The lowest BCUT2D eigenvalue weighted by Gasteiger charge is -2.03.